The van der Waals surface area contributed by atoms with E-state index in [1.54, 1.807) is 27.7 Å². The van der Waals surface area contributed by atoms with Crippen LogP contribution in [0.15, 0.2) is 54.6 Å². The van der Waals surface area contributed by atoms with Gasteiger partial charge in [0.15, 0.2) is 0 Å². The summed E-state index contributed by atoms with van der Waals surface area (Å²) in [6, 6.07) is 17.7. The van der Waals surface area contributed by atoms with Gasteiger partial charge in [0, 0.05) is 18.7 Å². The zero-order chi connectivity index (χ0) is 22.7. The van der Waals surface area contributed by atoms with Gasteiger partial charge in [0.1, 0.15) is 0 Å². The van der Waals surface area contributed by atoms with Gasteiger partial charge in [0.05, 0.1) is 12.2 Å². The van der Waals surface area contributed by atoms with Crippen LogP contribution in [-0.4, -0.2) is 24.7 Å². The maximum Gasteiger partial charge on any atom is 0.406 e. The van der Waals surface area contributed by atoms with Crippen LogP contribution >= 0.6 is 7.75 Å². The van der Waals surface area contributed by atoms with Crippen molar-refractivity contribution >= 4 is 31.5 Å². The van der Waals surface area contributed by atoms with Crippen LogP contribution in [-0.2, 0) is 18.4 Å². The Hall–Kier alpha value is -2.24. The van der Waals surface area contributed by atoms with Crippen LogP contribution in [0, 0.1) is 0 Å². The fourth-order valence-electron chi connectivity index (χ4n) is 2.78. The number of anilines is 1. The smallest absolute Gasteiger partial charge is 0.326 e. The van der Waals surface area contributed by atoms with E-state index in [0.717, 1.165) is 16.8 Å². The minimum absolute atomic E-state index is 0.0984. The maximum atomic E-state index is 12.7. The molecule has 0 heterocycles. The fraction of sp³-hybridized carbons (Fsp3) is 0.375. The number of carbonyl (C=O) groups is 1. The Labute approximate surface area is 185 Å². The molecule has 0 saturated carbocycles. The first-order chi connectivity index (χ1) is 14.8. The number of rotatable bonds is 12. The molecule has 0 atom stereocenters. The molecule has 0 spiro atoms. The van der Waals surface area contributed by atoms with Crippen molar-refractivity contribution in [2.24, 2.45) is 0 Å². The zero-order valence-electron chi connectivity index (χ0n) is 18.7. The Morgan fingerprint density at radius 3 is 2.00 bits per heavy atom. The number of nitrogens with one attached hydrogen (secondary N) is 2. The standard InChI is InChI=1S/C24H33N2O4P/c1-19(2)29-31(28,30-20(3)4)25-18-8-11-24(27)26-23-16-14-22(15-17-23)13-12-21-9-6-5-7-10-21/h5-7,9-10,12-17,19-20H,8,11,18H2,1-4H3,(H,25,28)(H,26,27)/b13-12+. The van der Waals surface area contributed by atoms with E-state index in [1.165, 1.54) is 0 Å². The topological polar surface area (TPSA) is 76.7 Å². The molecule has 0 bridgehead atoms. The summed E-state index contributed by atoms with van der Waals surface area (Å²) in [5.74, 6) is -0.0984. The van der Waals surface area contributed by atoms with Crippen molar-refractivity contribution in [2.75, 3.05) is 11.9 Å². The molecule has 0 fully saturated rings. The van der Waals surface area contributed by atoms with Crippen molar-refractivity contribution in [3.05, 3.63) is 65.7 Å². The first-order valence-electron chi connectivity index (χ1n) is 10.6. The van der Waals surface area contributed by atoms with Gasteiger partial charge >= 0.3 is 7.75 Å². The van der Waals surface area contributed by atoms with Gasteiger partial charge < -0.3 is 5.32 Å². The van der Waals surface area contributed by atoms with E-state index < -0.39 is 7.75 Å². The molecular weight excluding hydrogens is 411 g/mol. The Morgan fingerprint density at radius 1 is 0.903 bits per heavy atom. The van der Waals surface area contributed by atoms with E-state index in [4.69, 9.17) is 9.05 Å². The molecule has 0 aromatic heterocycles. The normalized spacial score (nSPS) is 12.1. The zero-order valence-corrected chi connectivity index (χ0v) is 19.6. The van der Waals surface area contributed by atoms with Gasteiger partial charge in [-0.2, -0.15) is 0 Å². The second kappa shape index (κ2) is 12.6. The predicted octanol–water partition coefficient (Wildman–Crippen LogP) is 6.12. The summed E-state index contributed by atoms with van der Waals surface area (Å²) in [5, 5.41) is 5.72. The average molecular weight is 445 g/mol. The summed E-state index contributed by atoms with van der Waals surface area (Å²) in [7, 11) is -3.38. The number of benzene rings is 2. The van der Waals surface area contributed by atoms with Crippen molar-refractivity contribution < 1.29 is 18.4 Å². The van der Waals surface area contributed by atoms with Gasteiger partial charge in [0.25, 0.3) is 0 Å². The average Bonchev–Trinajstić information content (AvgIpc) is 2.70. The number of hydrogen-bond acceptors (Lipinski definition) is 4. The number of amides is 1. The lowest BCUT2D eigenvalue weighted by Gasteiger charge is -2.23. The second-order valence-electron chi connectivity index (χ2n) is 7.73. The Morgan fingerprint density at radius 2 is 1.45 bits per heavy atom. The first-order valence-corrected chi connectivity index (χ1v) is 12.1. The van der Waals surface area contributed by atoms with E-state index in [2.05, 4.69) is 10.4 Å². The molecule has 0 unspecified atom stereocenters. The van der Waals surface area contributed by atoms with Gasteiger partial charge in [-0.25, -0.2) is 9.65 Å². The molecule has 0 aliphatic carbocycles. The molecule has 2 N–H and O–H groups in total. The van der Waals surface area contributed by atoms with Gasteiger partial charge in [-0.15, -0.1) is 0 Å². The third kappa shape index (κ3) is 10.1. The predicted molar refractivity (Wildman–Crippen MR) is 128 cm³/mol. The third-order valence-corrected chi connectivity index (χ3v) is 6.06. The SMILES string of the molecule is CC(C)OP(=O)(NCCCC(=O)Nc1ccc(/C=C/c2ccccc2)cc1)OC(C)C. The molecule has 0 aliphatic heterocycles. The fourth-order valence-corrected chi connectivity index (χ4v) is 4.52. The summed E-state index contributed by atoms with van der Waals surface area (Å²) in [6.45, 7) is 7.55. The van der Waals surface area contributed by atoms with Crippen molar-refractivity contribution in [3.8, 4) is 0 Å². The molecule has 7 heteroatoms. The lowest BCUT2D eigenvalue weighted by atomic mass is 10.1. The highest BCUT2D eigenvalue weighted by molar-refractivity contribution is 7.51. The lowest BCUT2D eigenvalue weighted by molar-refractivity contribution is -0.116. The second-order valence-corrected chi connectivity index (χ2v) is 9.46. The van der Waals surface area contributed by atoms with Crippen LogP contribution in [0.1, 0.15) is 51.7 Å². The van der Waals surface area contributed by atoms with E-state index in [-0.39, 0.29) is 18.1 Å². The molecule has 0 aliphatic rings. The van der Waals surface area contributed by atoms with Crippen LogP contribution in [0.2, 0.25) is 0 Å². The Kier molecular flexibility index (Phi) is 10.2. The largest absolute Gasteiger partial charge is 0.406 e. The molecule has 2 aromatic rings. The van der Waals surface area contributed by atoms with Gasteiger partial charge in [-0.3, -0.25) is 13.8 Å². The molecule has 0 saturated heterocycles. The summed E-state index contributed by atoms with van der Waals surface area (Å²) >= 11 is 0. The van der Waals surface area contributed by atoms with Crippen molar-refractivity contribution in [3.63, 3.8) is 0 Å². The van der Waals surface area contributed by atoms with E-state index in [0.29, 0.717) is 19.4 Å². The van der Waals surface area contributed by atoms with Crippen LogP contribution in [0.4, 0.5) is 5.69 Å². The molecule has 2 rings (SSSR count). The van der Waals surface area contributed by atoms with Crippen molar-refractivity contribution in [1.29, 1.82) is 0 Å². The molecule has 2 aromatic carbocycles. The van der Waals surface area contributed by atoms with Crippen LogP contribution < -0.4 is 10.4 Å². The molecular formula is C24H33N2O4P. The molecule has 6 nitrogen and oxygen atoms in total. The van der Waals surface area contributed by atoms with E-state index in [9.17, 15) is 9.36 Å². The van der Waals surface area contributed by atoms with Crippen LogP contribution in [0.25, 0.3) is 12.2 Å². The maximum absolute atomic E-state index is 12.7. The lowest BCUT2D eigenvalue weighted by Crippen LogP contribution is -2.22. The highest BCUT2D eigenvalue weighted by Crippen LogP contribution is 2.46. The van der Waals surface area contributed by atoms with Crippen LogP contribution in [0.5, 0.6) is 0 Å². The molecule has 31 heavy (non-hydrogen) atoms. The minimum atomic E-state index is -3.38. The third-order valence-electron chi connectivity index (χ3n) is 4.05. The van der Waals surface area contributed by atoms with Gasteiger partial charge in [0.2, 0.25) is 5.91 Å². The molecule has 1 amide bonds. The summed E-state index contributed by atoms with van der Waals surface area (Å²) in [6.07, 6.45) is 4.42. The number of carbonyl (C=O) groups excluding carboxylic acids is 1. The quantitative estimate of drug-likeness (QED) is 0.234. The monoisotopic (exact) mass is 444 g/mol. The first kappa shape index (κ1) is 25.0. The van der Waals surface area contributed by atoms with Gasteiger partial charge in [-0.1, -0.05) is 54.6 Å². The van der Waals surface area contributed by atoms with E-state index in [1.807, 2.05) is 66.7 Å². The van der Waals surface area contributed by atoms with Crippen LogP contribution in [0.3, 0.4) is 0 Å². The van der Waals surface area contributed by atoms with Gasteiger partial charge in [-0.05, 0) is 57.4 Å². The summed E-state index contributed by atoms with van der Waals surface area (Å²) < 4.78 is 23.5. The summed E-state index contributed by atoms with van der Waals surface area (Å²) in [4.78, 5) is 12.2. The van der Waals surface area contributed by atoms with E-state index >= 15 is 0 Å². The molecule has 168 valence electrons. The highest BCUT2D eigenvalue weighted by atomic mass is 31.2. The highest BCUT2D eigenvalue weighted by Gasteiger charge is 2.27. The Bertz CT molecular complexity index is 866. The Balaban J connectivity index is 1.77. The molecule has 0 radical (unpaired) electrons. The number of hydrogen-bond donors (Lipinski definition) is 2. The summed E-state index contributed by atoms with van der Waals surface area (Å²) in [5.41, 5.74) is 2.93. The van der Waals surface area contributed by atoms with Crippen molar-refractivity contribution in [1.82, 2.24) is 5.09 Å². The minimum Gasteiger partial charge on any atom is -0.326 e. The van der Waals surface area contributed by atoms with Crippen molar-refractivity contribution in [2.45, 2.75) is 52.7 Å².